The standard InChI is InChI=1S/C17H21N5O/c1-13(2)8-9-22-12-20-16-15(22)17(19-11-18-16)21-23-10-14-6-4-3-5-7-14/h3-8,12,18H,9-11H2,1-2H3,(H,19,21). The smallest absolute Gasteiger partial charge is 0.175 e. The van der Waals surface area contributed by atoms with Gasteiger partial charge < -0.3 is 9.88 Å². The van der Waals surface area contributed by atoms with Crippen LogP contribution >= 0.6 is 0 Å². The maximum absolute atomic E-state index is 5.60. The van der Waals surface area contributed by atoms with E-state index in [-0.39, 0.29) is 0 Å². The van der Waals surface area contributed by atoms with Crippen LogP contribution in [0.1, 0.15) is 25.1 Å². The number of nitrogens with one attached hydrogen (secondary N) is 2. The molecule has 1 aliphatic rings. The molecule has 1 aliphatic heterocycles. The number of aliphatic imine (C=N–C) groups is 1. The molecule has 1 aromatic heterocycles. The molecule has 6 heteroatoms. The van der Waals surface area contributed by atoms with Gasteiger partial charge in [0.25, 0.3) is 0 Å². The fourth-order valence-electron chi connectivity index (χ4n) is 2.29. The lowest BCUT2D eigenvalue weighted by atomic mass is 10.2. The average Bonchev–Trinajstić information content (AvgIpc) is 2.98. The highest BCUT2D eigenvalue weighted by Crippen LogP contribution is 2.18. The average molecular weight is 311 g/mol. The van der Waals surface area contributed by atoms with E-state index in [1.807, 2.05) is 41.2 Å². The highest BCUT2D eigenvalue weighted by Gasteiger charge is 2.20. The molecule has 0 saturated carbocycles. The van der Waals surface area contributed by atoms with Crippen molar-refractivity contribution in [3.63, 3.8) is 0 Å². The Bertz CT molecular complexity index is 714. The predicted molar refractivity (Wildman–Crippen MR) is 91.1 cm³/mol. The summed E-state index contributed by atoms with van der Waals surface area (Å²) in [5.41, 5.74) is 6.26. The predicted octanol–water partition coefficient (Wildman–Crippen LogP) is 2.70. The Morgan fingerprint density at radius 3 is 2.96 bits per heavy atom. The van der Waals surface area contributed by atoms with Crippen LogP contribution in [-0.2, 0) is 18.0 Å². The van der Waals surface area contributed by atoms with E-state index in [2.05, 4.69) is 40.7 Å². The maximum Gasteiger partial charge on any atom is 0.175 e. The number of hydroxylamine groups is 1. The first-order valence-corrected chi connectivity index (χ1v) is 7.63. The Hall–Kier alpha value is -2.60. The van der Waals surface area contributed by atoms with E-state index in [4.69, 9.17) is 4.84 Å². The molecule has 0 radical (unpaired) electrons. The van der Waals surface area contributed by atoms with Gasteiger partial charge in [-0.15, -0.1) is 0 Å². The molecule has 0 bridgehead atoms. The molecular weight excluding hydrogens is 290 g/mol. The van der Waals surface area contributed by atoms with Crippen molar-refractivity contribution < 1.29 is 4.84 Å². The second kappa shape index (κ2) is 7.11. The van der Waals surface area contributed by atoms with E-state index in [0.717, 1.165) is 23.6 Å². The van der Waals surface area contributed by atoms with Crippen LogP contribution in [0.25, 0.3) is 0 Å². The quantitative estimate of drug-likeness (QED) is 0.658. The minimum Gasteiger partial charge on any atom is -0.349 e. The van der Waals surface area contributed by atoms with Crippen molar-refractivity contribution >= 4 is 11.7 Å². The Morgan fingerprint density at radius 2 is 2.17 bits per heavy atom. The number of amidine groups is 1. The fourth-order valence-corrected chi connectivity index (χ4v) is 2.29. The first kappa shape index (κ1) is 15.3. The van der Waals surface area contributed by atoms with Crippen molar-refractivity contribution in [1.29, 1.82) is 0 Å². The molecule has 0 atom stereocenters. The van der Waals surface area contributed by atoms with Crippen LogP contribution in [0, 0.1) is 0 Å². The topological polar surface area (TPSA) is 63.5 Å². The summed E-state index contributed by atoms with van der Waals surface area (Å²) in [6.07, 6.45) is 3.97. The van der Waals surface area contributed by atoms with Gasteiger partial charge in [-0.3, -0.25) is 4.84 Å². The number of benzene rings is 1. The van der Waals surface area contributed by atoms with Crippen LogP contribution in [0.2, 0.25) is 0 Å². The van der Waals surface area contributed by atoms with Gasteiger partial charge in [-0.05, 0) is 19.4 Å². The number of rotatable bonds is 5. The lowest BCUT2D eigenvalue weighted by molar-refractivity contribution is 0.0711. The van der Waals surface area contributed by atoms with Crippen LogP contribution < -0.4 is 10.8 Å². The van der Waals surface area contributed by atoms with Gasteiger partial charge in [0.05, 0.1) is 12.9 Å². The highest BCUT2D eigenvalue weighted by atomic mass is 16.6. The molecule has 0 saturated heterocycles. The number of nitrogens with zero attached hydrogens (tertiary/aromatic N) is 3. The first-order valence-electron chi connectivity index (χ1n) is 7.63. The molecule has 120 valence electrons. The summed E-state index contributed by atoms with van der Waals surface area (Å²) < 4.78 is 2.05. The van der Waals surface area contributed by atoms with Crippen molar-refractivity contribution in [2.75, 3.05) is 12.0 Å². The monoisotopic (exact) mass is 311 g/mol. The molecule has 2 heterocycles. The molecule has 2 N–H and O–H groups in total. The van der Waals surface area contributed by atoms with Crippen LogP contribution in [0.3, 0.4) is 0 Å². The van der Waals surface area contributed by atoms with E-state index < -0.39 is 0 Å². The van der Waals surface area contributed by atoms with E-state index in [9.17, 15) is 0 Å². The van der Waals surface area contributed by atoms with Crippen molar-refractivity contribution in [2.45, 2.75) is 27.0 Å². The minimum atomic E-state index is 0.477. The Balaban J connectivity index is 1.68. The molecule has 2 aromatic rings. The summed E-state index contributed by atoms with van der Waals surface area (Å²) in [6, 6.07) is 10.0. The lowest BCUT2D eigenvalue weighted by Gasteiger charge is -2.17. The number of aromatic nitrogens is 2. The third-order valence-electron chi connectivity index (χ3n) is 3.49. The zero-order valence-electron chi connectivity index (χ0n) is 13.4. The number of hydrogen-bond acceptors (Lipinski definition) is 5. The van der Waals surface area contributed by atoms with Crippen molar-refractivity contribution in [1.82, 2.24) is 15.0 Å². The van der Waals surface area contributed by atoms with Gasteiger partial charge in [0.1, 0.15) is 12.4 Å². The molecule has 23 heavy (non-hydrogen) atoms. The molecule has 0 fully saturated rings. The molecule has 6 nitrogen and oxygen atoms in total. The SMILES string of the molecule is CC(C)=CCn1cnc2c1C(NOCc1ccccc1)=NCN2. The van der Waals surface area contributed by atoms with Gasteiger partial charge in [0.2, 0.25) is 0 Å². The first-order chi connectivity index (χ1) is 11.2. The highest BCUT2D eigenvalue weighted by molar-refractivity contribution is 6.01. The number of hydrogen-bond donors (Lipinski definition) is 2. The van der Waals surface area contributed by atoms with E-state index in [1.165, 1.54) is 5.57 Å². The number of imidazole rings is 1. The molecular formula is C17H21N5O. The van der Waals surface area contributed by atoms with Crippen LogP contribution in [0.15, 0.2) is 53.3 Å². The third-order valence-corrected chi connectivity index (χ3v) is 3.49. The van der Waals surface area contributed by atoms with Gasteiger partial charge >= 0.3 is 0 Å². The van der Waals surface area contributed by atoms with Gasteiger partial charge in [0.15, 0.2) is 11.7 Å². The van der Waals surface area contributed by atoms with Crippen LogP contribution in [0.4, 0.5) is 5.82 Å². The normalized spacial score (nSPS) is 12.9. The van der Waals surface area contributed by atoms with Crippen molar-refractivity contribution in [3.8, 4) is 0 Å². The molecule has 0 aliphatic carbocycles. The van der Waals surface area contributed by atoms with Crippen LogP contribution in [-0.4, -0.2) is 22.1 Å². The fraction of sp³-hybridized carbons (Fsp3) is 0.294. The molecule has 0 amide bonds. The second-order valence-corrected chi connectivity index (χ2v) is 5.59. The van der Waals surface area contributed by atoms with Gasteiger partial charge in [-0.2, -0.15) is 0 Å². The Labute approximate surface area is 135 Å². The van der Waals surface area contributed by atoms with Crippen molar-refractivity contribution in [2.24, 2.45) is 4.99 Å². The lowest BCUT2D eigenvalue weighted by Crippen LogP contribution is -2.31. The van der Waals surface area contributed by atoms with E-state index in [0.29, 0.717) is 19.1 Å². The van der Waals surface area contributed by atoms with Crippen LogP contribution in [0.5, 0.6) is 0 Å². The summed E-state index contributed by atoms with van der Waals surface area (Å²) in [6.45, 7) is 5.88. The second-order valence-electron chi connectivity index (χ2n) is 5.59. The maximum atomic E-state index is 5.60. The molecule has 0 spiro atoms. The van der Waals surface area contributed by atoms with E-state index in [1.54, 1.807) is 0 Å². The van der Waals surface area contributed by atoms with E-state index >= 15 is 0 Å². The Kier molecular flexibility index (Phi) is 4.73. The van der Waals surface area contributed by atoms with Crippen molar-refractivity contribution in [3.05, 3.63) is 59.6 Å². The zero-order chi connectivity index (χ0) is 16.1. The summed E-state index contributed by atoms with van der Waals surface area (Å²) in [5, 5.41) is 3.17. The summed E-state index contributed by atoms with van der Waals surface area (Å²) >= 11 is 0. The number of allylic oxidation sites excluding steroid dienone is 2. The minimum absolute atomic E-state index is 0.477. The zero-order valence-corrected chi connectivity index (χ0v) is 13.4. The Morgan fingerprint density at radius 1 is 1.35 bits per heavy atom. The molecule has 0 unspecified atom stereocenters. The molecule has 3 rings (SSSR count). The van der Waals surface area contributed by atoms with Gasteiger partial charge in [-0.25, -0.2) is 15.5 Å². The summed E-state index contributed by atoms with van der Waals surface area (Å²) in [5.74, 6) is 1.53. The third kappa shape index (κ3) is 3.78. The number of anilines is 1. The van der Waals surface area contributed by atoms with Gasteiger partial charge in [0, 0.05) is 6.54 Å². The largest absolute Gasteiger partial charge is 0.349 e. The summed E-state index contributed by atoms with van der Waals surface area (Å²) in [7, 11) is 0. The molecule has 1 aromatic carbocycles. The summed E-state index contributed by atoms with van der Waals surface area (Å²) in [4.78, 5) is 14.4. The number of fused-ring (bicyclic) bond motifs is 1. The van der Waals surface area contributed by atoms with Gasteiger partial charge in [-0.1, -0.05) is 42.0 Å².